The third-order valence-electron chi connectivity index (χ3n) is 3.55. The first-order valence-corrected chi connectivity index (χ1v) is 6.99. The molecule has 1 heterocycles. The number of thioether (sulfide) groups is 1. The smallest absolute Gasteiger partial charge is 0.0557 e. The maximum atomic E-state index is 2.78. The van der Waals surface area contributed by atoms with Gasteiger partial charge in [0.25, 0.3) is 0 Å². The topological polar surface area (TPSA) is 3.24 Å². The molecular formula is C11H21NS. The first kappa shape index (κ1) is 9.85. The van der Waals surface area contributed by atoms with Crippen LogP contribution in [0, 0.1) is 0 Å². The average Bonchev–Trinajstić information content (AvgIpc) is 2.67. The highest BCUT2D eigenvalue weighted by atomic mass is 32.2. The molecule has 2 fully saturated rings. The molecule has 13 heavy (non-hydrogen) atoms. The molecule has 1 unspecified atom stereocenters. The number of nitrogens with zero attached hydrogens (tertiary/aromatic N) is 1. The first-order valence-electron chi connectivity index (χ1n) is 5.70. The van der Waals surface area contributed by atoms with Gasteiger partial charge in [-0.3, -0.25) is 4.90 Å². The summed E-state index contributed by atoms with van der Waals surface area (Å²) >= 11 is 2.06. The molecule has 1 saturated heterocycles. The van der Waals surface area contributed by atoms with Crippen LogP contribution in [0.4, 0.5) is 0 Å². The van der Waals surface area contributed by atoms with Gasteiger partial charge in [0, 0.05) is 6.04 Å². The molecule has 2 rings (SSSR count). The SMILES string of the molecule is CSC1CCCN1C1CCCCC1. The van der Waals surface area contributed by atoms with Gasteiger partial charge in [0.2, 0.25) is 0 Å². The molecule has 1 atom stereocenters. The Morgan fingerprint density at radius 2 is 1.77 bits per heavy atom. The summed E-state index contributed by atoms with van der Waals surface area (Å²) in [6.45, 7) is 1.37. The van der Waals surface area contributed by atoms with E-state index in [4.69, 9.17) is 0 Å². The van der Waals surface area contributed by atoms with Crippen molar-refractivity contribution in [1.82, 2.24) is 4.90 Å². The van der Waals surface area contributed by atoms with Gasteiger partial charge in [-0.15, -0.1) is 11.8 Å². The molecule has 0 radical (unpaired) electrons. The van der Waals surface area contributed by atoms with Crippen LogP contribution < -0.4 is 0 Å². The fourth-order valence-electron chi connectivity index (χ4n) is 2.84. The molecule has 76 valence electrons. The molecule has 0 amide bonds. The lowest BCUT2D eigenvalue weighted by molar-refractivity contribution is 0.178. The Morgan fingerprint density at radius 3 is 2.46 bits per heavy atom. The molecule has 0 aromatic carbocycles. The predicted molar refractivity (Wildman–Crippen MR) is 60.1 cm³/mol. The van der Waals surface area contributed by atoms with Crippen molar-refractivity contribution >= 4 is 11.8 Å². The summed E-state index contributed by atoms with van der Waals surface area (Å²) in [6.07, 6.45) is 12.5. The minimum absolute atomic E-state index is 0.850. The maximum absolute atomic E-state index is 2.78. The second kappa shape index (κ2) is 4.70. The standard InChI is InChI=1S/C11H21NS/c1-13-11-8-5-9-12(11)10-6-3-2-4-7-10/h10-11H,2-9H2,1H3. The van der Waals surface area contributed by atoms with Crippen LogP contribution >= 0.6 is 11.8 Å². The van der Waals surface area contributed by atoms with E-state index in [9.17, 15) is 0 Å². The van der Waals surface area contributed by atoms with Crippen molar-refractivity contribution in [3.63, 3.8) is 0 Å². The van der Waals surface area contributed by atoms with Gasteiger partial charge >= 0.3 is 0 Å². The van der Waals surface area contributed by atoms with Crippen LogP contribution in [-0.2, 0) is 0 Å². The highest BCUT2D eigenvalue weighted by Gasteiger charge is 2.30. The number of hydrogen-bond acceptors (Lipinski definition) is 2. The van der Waals surface area contributed by atoms with Crippen molar-refractivity contribution in [2.24, 2.45) is 0 Å². The Bertz CT molecular complexity index is 154. The zero-order valence-electron chi connectivity index (χ0n) is 8.67. The van der Waals surface area contributed by atoms with Crippen molar-refractivity contribution in [3.05, 3.63) is 0 Å². The van der Waals surface area contributed by atoms with E-state index < -0.39 is 0 Å². The van der Waals surface area contributed by atoms with Crippen LogP contribution in [0.3, 0.4) is 0 Å². The third kappa shape index (κ3) is 2.21. The van der Waals surface area contributed by atoms with Gasteiger partial charge < -0.3 is 0 Å². The van der Waals surface area contributed by atoms with Crippen LogP contribution in [0.2, 0.25) is 0 Å². The number of rotatable bonds is 2. The number of hydrogen-bond donors (Lipinski definition) is 0. The van der Waals surface area contributed by atoms with E-state index in [2.05, 4.69) is 22.9 Å². The second-order valence-corrected chi connectivity index (χ2v) is 5.38. The monoisotopic (exact) mass is 199 g/mol. The van der Waals surface area contributed by atoms with Gasteiger partial charge in [0.05, 0.1) is 5.37 Å². The first-order chi connectivity index (χ1) is 6.42. The van der Waals surface area contributed by atoms with Gasteiger partial charge in [0.15, 0.2) is 0 Å². The molecule has 2 heteroatoms. The molecular weight excluding hydrogens is 178 g/mol. The minimum Gasteiger partial charge on any atom is -0.288 e. The van der Waals surface area contributed by atoms with Gasteiger partial charge in [0.1, 0.15) is 0 Å². The highest BCUT2D eigenvalue weighted by molar-refractivity contribution is 7.99. The lowest BCUT2D eigenvalue weighted by Crippen LogP contribution is -2.38. The van der Waals surface area contributed by atoms with Gasteiger partial charge in [-0.05, 0) is 38.5 Å². The zero-order valence-corrected chi connectivity index (χ0v) is 9.48. The summed E-state index contributed by atoms with van der Waals surface area (Å²) in [7, 11) is 0. The Balaban J connectivity index is 1.90. The summed E-state index contributed by atoms with van der Waals surface area (Å²) in [5.41, 5.74) is 0. The van der Waals surface area contributed by atoms with Crippen molar-refractivity contribution < 1.29 is 0 Å². The van der Waals surface area contributed by atoms with Crippen LogP contribution in [0.5, 0.6) is 0 Å². The Hall–Kier alpha value is 0.310. The van der Waals surface area contributed by atoms with E-state index in [1.807, 2.05) is 0 Å². The van der Waals surface area contributed by atoms with E-state index in [0.717, 1.165) is 11.4 Å². The zero-order chi connectivity index (χ0) is 9.10. The summed E-state index contributed by atoms with van der Waals surface area (Å²) in [6, 6.07) is 0.939. The van der Waals surface area contributed by atoms with Crippen molar-refractivity contribution in [3.8, 4) is 0 Å². The quantitative estimate of drug-likeness (QED) is 0.672. The Labute approximate surface area is 86.3 Å². The fourth-order valence-corrected chi connectivity index (χ4v) is 3.79. The van der Waals surface area contributed by atoms with Crippen molar-refractivity contribution in [2.75, 3.05) is 12.8 Å². The lowest BCUT2D eigenvalue weighted by atomic mass is 9.94. The van der Waals surface area contributed by atoms with Crippen LogP contribution in [0.25, 0.3) is 0 Å². The molecule has 0 aromatic heterocycles. The van der Waals surface area contributed by atoms with Gasteiger partial charge in [-0.1, -0.05) is 19.3 Å². The average molecular weight is 199 g/mol. The summed E-state index contributed by atoms with van der Waals surface area (Å²) < 4.78 is 0. The molecule has 1 aliphatic carbocycles. The van der Waals surface area contributed by atoms with Gasteiger partial charge in [-0.2, -0.15) is 0 Å². The maximum Gasteiger partial charge on any atom is 0.0557 e. The molecule has 2 aliphatic rings. The molecule has 1 nitrogen and oxygen atoms in total. The summed E-state index contributed by atoms with van der Waals surface area (Å²) in [4.78, 5) is 2.78. The van der Waals surface area contributed by atoms with Crippen LogP contribution in [0.1, 0.15) is 44.9 Å². The summed E-state index contributed by atoms with van der Waals surface area (Å²) in [5.74, 6) is 0. The molecule has 0 N–H and O–H groups in total. The summed E-state index contributed by atoms with van der Waals surface area (Å²) in [5, 5.41) is 0.850. The third-order valence-corrected chi connectivity index (χ3v) is 4.60. The largest absolute Gasteiger partial charge is 0.288 e. The fraction of sp³-hybridized carbons (Fsp3) is 1.00. The van der Waals surface area contributed by atoms with E-state index in [-0.39, 0.29) is 0 Å². The normalized spacial score (nSPS) is 32.5. The van der Waals surface area contributed by atoms with Crippen molar-refractivity contribution in [1.29, 1.82) is 0 Å². The van der Waals surface area contributed by atoms with E-state index in [0.29, 0.717) is 0 Å². The predicted octanol–water partition coefficient (Wildman–Crippen LogP) is 3.10. The van der Waals surface area contributed by atoms with Crippen LogP contribution in [-0.4, -0.2) is 29.1 Å². The lowest BCUT2D eigenvalue weighted by Gasteiger charge is -2.34. The molecule has 0 spiro atoms. The highest BCUT2D eigenvalue weighted by Crippen LogP contribution is 2.32. The Morgan fingerprint density at radius 1 is 1.00 bits per heavy atom. The van der Waals surface area contributed by atoms with E-state index in [1.165, 1.54) is 51.5 Å². The molecule has 1 saturated carbocycles. The van der Waals surface area contributed by atoms with Gasteiger partial charge in [-0.25, -0.2) is 0 Å². The second-order valence-electron chi connectivity index (χ2n) is 4.36. The molecule has 1 aliphatic heterocycles. The van der Waals surface area contributed by atoms with E-state index >= 15 is 0 Å². The number of likely N-dealkylation sites (tertiary alicyclic amines) is 1. The molecule has 0 bridgehead atoms. The van der Waals surface area contributed by atoms with Crippen molar-refractivity contribution in [2.45, 2.75) is 56.4 Å². The van der Waals surface area contributed by atoms with E-state index in [1.54, 1.807) is 0 Å². The molecule has 0 aromatic rings. The van der Waals surface area contributed by atoms with Crippen LogP contribution in [0.15, 0.2) is 0 Å². The Kier molecular flexibility index (Phi) is 3.56. The minimum atomic E-state index is 0.850.